The number of nitriles is 2. The molecular formula is C44H24N4O. The van der Waals surface area contributed by atoms with E-state index in [9.17, 15) is 10.5 Å². The fourth-order valence-electron chi connectivity index (χ4n) is 7.80. The van der Waals surface area contributed by atoms with Crippen molar-refractivity contribution in [2.75, 3.05) is 0 Å². The van der Waals surface area contributed by atoms with Crippen LogP contribution >= 0.6 is 0 Å². The SMILES string of the molecule is N#Cc1ccc(-n2c3ccccc3c3ccccc32)c(C#N)c1-c1cccc(-n2c3ccccc3c3ccc4oc5ccccc5c4c32)c1. The molecule has 226 valence electrons. The smallest absolute Gasteiger partial charge is 0.137 e. The summed E-state index contributed by atoms with van der Waals surface area (Å²) in [7, 11) is 0. The second-order valence-corrected chi connectivity index (χ2v) is 12.3. The number of hydrogen-bond donors (Lipinski definition) is 0. The van der Waals surface area contributed by atoms with Crippen LogP contribution in [0, 0.1) is 22.7 Å². The van der Waals surface area contributed by atoms with Gasteiger partial charge in [-0.25, -0.2) is 0 Å². The quantitative estimate of drug-likeness (QED) is 0.196. The van der Waals surface area contributed by atoms with Crippen molar-refractivity contribution in [2.45, 2.75) is 0 Å². The van der Waals surface area contributed by atoms with Gasteiger partial charge in [0.2, 0.25) is 0 Å². The first kappa shape index (κ1) is 27.1. The molecule has 7 aromatic carbocycles. The van der Waals surface area contributed by atoms with Gasteiger partial charge in [-0.2, -0.15) is 10.5 Å². The summed E-state index contributed by atoms with van der Waals surface area (Å²) < 4.78 is 10.8. The normalized spacial score (nSPS) is 11.6. The Kier molecular flexibility index (Phi) is 5.64. The Morgan fingerprint density at radius 1 is 0.490 bits per heavy atom. The molecule has 0 N–H and O–H groups in total. The van der Waals surface area contributed by atoms with Gasteiger partial charge >= 0.3 is 0 Å². The molecule has 10 aromatic rings. The van der Waals surface area contributed by atoms with E-state index in [0.717, 1.165) is 82.5 Å². The third-order valence-electron chi connectivity index (χ3n) is 9.80. The highest BCUT2D eigenvalue weighted by Crippen LogP contribution is 2.42. The highest BCUT2D eigenvalue weighted by atomic mass is 16.3. The van der Waals surface area contributed by atoms with E-state index >= 15 is 0 Å². The Bertz CT molecular complexity index is 3030. The third kappa shape index (κ3) is 3.73. The Hall–Kier alpha value is -7.08. The number of nitrogens with zero attached hydrogens (tertiary/aromatic N) is 4. The molecule has 0 spiro atoms. The predicted octanol–water partition coefficient (Wildman–Crippen LogP) is 11.2. The van der Waals surface area contributed by atoms with Gasteiger partial charge in [0, 0.05) is 38.2 Å². The summed E-state index contributed by atoms with van der Waals surface area (Å²) in [6.07, 6.45) is 0. The average molecular weight is 625 g/mol. The zero-order valence-electron chi connectivity index (χ0n) is 26.1. The van der Waals surface area contributed by atoms with Gasteiger partial charge in [-0.3, -0.25) is 0 Å². The highest BCUT2D eigenvalue weighted by Gasteiger charge is 2.22. The van der Waals surface area contributed by atoms with Gasteiger partial charge in [0.25, 0.3) is 0 Å². The lowest BCUT2D eigenvalue weighted by Crippen LogP contribution is -2.02. The van der Waals surface area contributed by atoms with E-state index in [0.29, 0.717) is 16.7 Å². The van der Waals surface area contributed by atoms with Gasteiger partial charge in [0.15, 0.2) is 0 Å². The number of aromatic nitrogens is 2. The van der Waals surface area contributed by atoms with Crippen molar-refractivity contribution in [3.05, 3.63) is 157 Å². The van der Waals surface area contributed by atoms with Crippen LogP contribution in [0.4, 0.5) is 0 Å². The highest BCUT2D eigenvalue weighted by molar-refractivity contribution is 6.24. The molecule has 0 atom stereocenters. The summed E-state index contributed by atoms with van der Waals surface area (Å²) in [6.45, 7) is 0. The Morgan fingerprint density at radius 2 is 1.12 bits per heavy atom. The first-order valence-corrected chi connectivity index (χ1v) is 16.1. The van der Waals surface area contributed by atoms with Gasteiger partial charge in [-0.1, -0.05) is 84.9 Å². The van der Waals surface area contributed by atoms with E-state index in [2.05, 4.69) is 100 Å². The largest absolute Gasteiger partial charge is 0.456 e. The van der Waals surface area contributed by atoms with Crippen LogP contribution in [-0.2, 0) is 0 Å². The molecule has 0 fully saturated rings. The van der Waals surface area contributed by atoms with Crippen LogP contribution in [0.5, 0.6) is 0 Å². The molecule has 5 heteroatoms. The predicted molar refractivity (Wildman–Crippen MR) is 197 cm³/mol. The lowest BCUT2D eigenvalue weighted by molar-refractivity contribution is 0.669. The standard InChI is InChI=1S/C44H24N4O/c45-25-28-20-22-39(48-37-17-6-1-12-30(37)31-13-2-7-18-38(31)48)35(26-46)42(28)27-10-9-11-29(24-27)47-36-16-5-3-14-32(36)33-21-23-41-43(44(33)47)34-15-4-8-19-40(34)49-41/h1-24H. The van der Waals surface area contributed by atoms with Crippen molar-refractivity contribution in [3.63, 3.8) is 0 Å². The minimum Gasteiger partial charge on any atom is -0.456 e. The van der Waals surface area contributed by atoms with Crippen LogP contribution < -0.4 is 0 Å². The molecule has 5 nitrogen and oxygen atoms in total. The molecule has 0 bridgehead atoms. The number of hydrogen-bond acceptors (Lipinski definition) is 3. The lowest BCUT2D eigenvalue weighted by atomic mass is 9.93. The summed E-state index contributed by atoms with van der Waals surface area (Å²) in [4.78, 5) is 0. The third-order valence-corrected chi connectivity index (χ3v) is 9.80. The Morgan fingerprint density at radius 3 is 1.82 bits per heavy atom. The molecule has 0 aliphatic heterocycles. The molecule has 0 aliphatic rings. The lowest BCUT2D eigenvalue weighted by Gasteiger charge is -2.16. The molecule has 0 saturated carbocycles. The van der Waals surface area contributed by atoms with Crippen molar-refractivity contribution < 1.29 is 4.42 Å². The number of rotatable bonds is 3. The van der Waals surface area contributed by atoms with E-state index in [1.54, 1.807) is 0 Å². The van der Waals surface area contributed by atoms with E-state index in [1.807, 2.05) is 66.7 Å². The zero-order valence-corrected chi connectivity index (χ0v) is 26.1. The molecule has 3 heterocycles. The van der Waals surface area contributed by atoms with Crippen LogP contribution in [0.1, 0.15) is 11.1 Å². The zero-order chi connectivity index (χ0) is 32.6. The Labute approximate surface area is 280 Å². The van der Waals surface area contributed by atoms with Gasteiger partial charge in [0.05, 0.1) is 50.3 Å². The van der Waals surface area contributed by atoms with Crippen LogP contribution in [0.2, 0.25) is 0 Å². The fourth-order valence-corrected chi connectivity index (χ4v) is 7.80. The fraction of sp³-hybridized carbons (Fsp3) is 0. The number of benzene rings is 7. The summed E-state index contributed by atoms with van der Waals surface area (Å²) in [5.41, 5.74) is 9.78. The maximum atomic E-state index is 10.9. The van der Waals surface area contributed by atoms with Crippen molar-refractivity contribution in [1.82, 2.24) is 9.13 Å². The van der Waals surface area contributed by atoms with Gasteiger partial charge in [0.1, 0.15) is 17.2 Å². The van der Waals surface area contributed by atoms with Crippen LogP contribution in [-0.4, -0.2) is 9.13 Å². The molecule has 0 unspecified atom stereocenters. The van der Waals surface area contributed by atoms with Gasteiger partial charge < -0.3 is 13.6 Å². The second kappa shape index (κ2) is 10.2. The molecule has 0 amide bonds. The van der Waals surface area contributed by atoms with Crippen LogP contribution in [0.3, 0.4) is 0 Å². The first-order valence-electron chi connectivity index (χ1n) is 16.1. The first-order chi connectivity index (χ1) is 24.2. The Balaban J connectivity index is 1.28. The van der Waals surface area contributed by atoms with Gasteiger partial charge in [-0.15, -0.1) is 0 Å². The molecular weight excluding hydrogens is 601 g/mol. The van der Waals surface area contributed by atoms with E-state index in [-0.39, 0.29) is 0 Å². The molecule has 0 saturated heterocycles. The van der Waals surface area contributed by atoms with Crippen molar-refractivity contribution >= 4 is 65.6 Å². The van der Waals surface area contributed by atoms with Gasteiger partial charge in [-0.05, 0) is 66.2 Å². The second-order valence-electron chi connectivity index (χ2n) is 12.3. The van der Waals surface area contributed by atoms with Crippen molar-refractivity contribution in [1.29, 1.82) is 10.5 Å². The van der Waals surface area contributed by atoms with E-state index in [4.69, 9.17) is 4.42 Å². The molecule has 3 aromatic heterocycles. The number of para-hydroxylation sites is 4. The maximum Gasteiger partial charge on any atom is 0.137 e. The summed E-state index contributed by atoms with van der Waals surface area (Å²) in [5, 5.41) is 27.9. The number of fused-ring (bicyclic) bond motifs is 10. The monoisotopic (exact) mass is 624 g/mol. The maximum absolute atomic E-state index is 10.9. The molecule has 10 rings (SSSR count). The minimum atomic E-state index is 0.448. The van der Waals surface area contributed by atoms with Crippen LogP contribution in [0.15, 0.2) is 150 Å². The van der Waals surface area contributed by atoms with Crippen molar-refractivity contribution in [2.24, 2.45) is 0 Å². The molecule has 0 radical (unpaired) electrons. The molecule has 49 heavy (non-hydrogen) atoms. The number of furan rings is 1. The van der Waals surface area contributed by atoms with E-state index in [1.165, 1.54) is 0 Å². The summed E-state index contributed by atoms with van der Waals surface area (Å²) in [5.74, 6) is 0. The topological polar surface area (TPSA) is 70.6 Å². The minimum absolute atomic E-state index is 0.448. The average Bonchev–Trinajstić information content (AvgIpc) is 3.82. The van der Waals surface area contributed by atoms with E-state index < -0.39 is 0 Å². The summed E-state index contributed by atoms with van der Waals surface area (Å²) in [6, 6.07) is 54.1. The summed E-state index contributed by atoms with van der Waals surface area (Å²) >= 11 is 0. The molecule has 0 aliphatic carbocycles. The van der Waals surface area contributed by atoms with Crippen LogP contribution in [0.25, 0.3) is 88.1 Å². The van der Waals surface area contributed by atoms with Crippen molar-refractivity contribution in [3.8, 4) is 34.6 Å².